The van der Waals surface area contributed by atoms with E-state index in [-0.39, 0.29) is 5.92 Å². The molecule has 0 spiro atoms. The van der Waals surface area contributed by atoms with Gasteiger partial charge in [-0.15, -0.1) is 0 Å². The van der Waals surface area contributed by atoms with Gasteiger partial charge in [-0.05, 0) is 98.8 Å². The minimum absolute atomic E-state index is 0.165. The van der Waals surface area contributed by atoms with Crippen molar-refractivity contribution < 1.29 is 13.2 Å². The topological polar surface area (TPSA) is 23.8 Å². The quantitative estimate of drug-likeness (QED) is 0.413. The van der Waals surface area contributed by atoms with E-state index >= 15 is 0 Å². The Morgan fingerprint density at radius 1 is 0.963 bits per heavy atom. The van der Waals surface area contributed by atoms with Crippen LogP contribution in [-0.4, -0.2) is 0 Å². The summed E-state index contributed by atoms with van der Waals surface area (Å²) < 4.78 is 39.7. The zero-order valence-electron chi connectivity index (χ0n) is 15.6. The van der Waals surface area contributed by atoms with Gasteiger partial charge in [0.2, 0.25) is 0 Å². The van der Waals surface area contributed by atoms with Crippen molar-refractivity contribution in [3.05, 3.63) is 59.5 Å². The van der Waals surface area contributed by atoms with E-state index in [0.717, 1.165) is 56.9 Å². The molecule has 0 unspecified atom stereocenters. The Morgan fingerprint density at radius 2 is 1.56 bits per heavy atom. The predicted octanol–water partition coefficient (Wildman–Crippen LogP) is 6.98. The van der Waals surface area contributed by atoms with Crippen LogP contribution in [0.1, 0.15) is 62.8 Å². The van der Waals surface area contributed by atoms with Gasteiger partial charge in [-0.2, -0.15) is 9.65 Å². The molecule has 0 aromatic heterocycles. The maximum Gasteiger partial charge on any atom is 0.196 e. The number of allylic oxidation sites excluding steroid dienone is 3. The highest BCUT2D eigenvalue weighted by molar-refractivity contribution is 5.23. The fourth-order valence-corrected chi connectivity index (χ4v) is 4.80. The lowest BCUT2D eigenvalue weighted by Crippen LogP contribution is -2.22. The van der Waals surface area contributed by atoms with Crippen LogP contribution in [0.15, 0.2) is 42.3 Å². The largest absolute Gasteiger partial charge is 0.204 e. The normalized spacial score (nSPS) is 29.2. The van der Waals surface area contributed by atoms with Crippen molar-refractivity contribution in [3.63, 3.8) is 0 Å². The van der Waals surface area contributed by atoms with Crippen LogP contribution in [0.4, 0.5) is 13.2 Å². The Morgan fingerprint density at radius 3 is 2.11 bits per heavy atom. The molecule has 4 heteroatoms. The molecular weight excluding hydrogens is 347 g/mol. The summed E-state index contributed by atoms with van der Waals surface area (Å²) in [7, 11) is 0. The minimum atomic E-state index is -0.791. The zero-order valence-corrected chi connectivity index (χ0v) is 15.6. The average molecular weight is 373 g/mol. The molecule has 0 amide bonds. The van der Waals surface area contributed by atoms with Gasteiger partial charge in [0.15, 0.2) is 17.5 Å². The number of hydrogen-bond acceptors (Lipinski definition) is 1. The molecule has 0 heterocycles. The van der Waals surface area contributed by atoms with Crippen molar-refractivity contribution in [2.75, 3.05) is 0 Å². The second-order valence-corrected chi connectivity index (χ2v) is 8.04. The molecule has 1 aromatic carbocycles. The monoisotopic (exact) mass is 373 g/mol. The van der Waals surface area contributed by atoms with Crippen LogP contribution in [0.25, 0.3) is 0 Å². The van der Waals surface area contributed by atoms with Crippen molar-refractivity contribution in [2.24, 2.45) is 17.8 Å². The SMILES string of the molecule is C=C(C1CCC(C=C(F)C#N)CC1)C1CCC(c2ccc(F)c(F)c2)CC1. The molecule has 2 aliphatic carbocycles. The zero-order chi connectivity index (χ0) is 19.4. The fraction of sp³-hybridized carbons (Fsp3) is 0.522. The highest BCUT2D eigenvalue weighted by Crippen LogP contribution is 2.43. The number of halogens is 3. The van der Waals surface area contributed by atoms with Gasteiger partial charge in [-0.3, -0.25) is 0 Å². The fourth-order valence-electron chi connectivity index (χ4n) is 4.80. The molecule has 1 nitrogen and oxygen atoms in total. The third-order valence-electron chi connectivity index (χ3n) is 6.45. The van der Waals surface area contributed by atoms with Crippen LogP contribution >= 0.6 is 0 Å². The average Bonchev–Trinajstić information content (AvgIpc) is 2.70. The molecule has 0 saturated heterocycles. The molecule has 2 saturated carbocycles. The lowest BCUT2D eigenvalue weighted by molar-refractivity contribution is 0.288. The van der Waals surface area contributed by atoms with E-state index in [1.807, 2.05) is 0 Å². The van der Waals surface area contributed by atoms with Crippen LogP contribution < -0.4 is 0 Å². The van der Waals surface area contributed by atoms with E-state index in [1.54, 1.807) is 12.1 Å². The Labute approximate surface area is 159 Å². The highest BCUT2D eigenvalue weighted by atomic mass is 19.2. The maximum atomic E-state index is 13.5. The standard InChI is InChI=1S/C23H26F3N/c1-15(17-4-2-16(3-5-17)12-21(24)14-27)18-6-8-19(9-7-18)20-10-11-22(25)23(26)13-20/h10-13,16-19H,1-9H2. The molecule has 1 aromatic rings. The number of nitrogens with zero attached hydrogens (tertiary/aromatic N) is 1. The summed E-state index contributed by atoms with van der Waals surface area (Å²) in [6.45, 7) is 4.38. The van der Waals surface area contributed by atoms with Gasteiger partial charge < -0.3 is 0 Å². The molecule has 144 valence electrons. The second-order valence-electron chi connectivity index (χ2n) is 8.04. The van der Waals surface area contributed by atoms with Gasteiger partial charge in [0.1, 0.15) is 6.07 Å². The van der Waals surface area contributed by atoms with E-state index in [9.17, 15) is 13.2 Å². The van der Waals surface area contributed by atoms with Crippen molar-refractivity contribution in [3.8, 4) is 6.07 Å². The van der Waals surface area contributed by atoms with Crippen molar-refractivity contribution in [1.82, 2.24) is 0 Å². The second kappa shape index (κ2) is 8.78. The van der Waals surface area contributed by atoms with Gasteiger partial charge in [-0.25, -0.2) is 8.78 Å². The number of benzene rings is 1. The van der Waals surface area contributed by atoms with Crippen LogP contribution in [0.3, 0.4) is 0 Å². The summed E-state index contributed by atoms with van der Waals surface area (Å²) in [6, 6.07) is 5.81. The van der Waals surface area contributed by atoms with E-state index < -0.39 is 17.5 Å². The molecule has 0 atom stereocenters. The predicted molar refractivity (Wildman–Crippen MR) is 100 cm³/mol. The lowest BCUT2D eigenvalue weighted by atomic mass is 9.70. The van der Waals surface area contributed by atoms with Gasteiger partial charge in [0.05, 0.1) is 0 Å². The summed E-state index contributed by atoms with van der Waals surface area (Å²) in [5, 5.41) is 8.56. The summed E-state index contributed by atoms with van der Waals surface area (Å²) in [5.41, 5.74) is 2.20. The van der Waals surface area contributed by atoms with Gasteiger partial charge in [0, 0.05) is 0 Å². The first-order valence-corrected chi connectivity index (χ1v) is 9.89. The molecule has 3 rings (SSSR count). The summed E-state index contributed by atoms with van der Waals surface area (Å²) >= 11 is 0. The molecule has 0 bridgehead atoms. The number of rotatable bonds is 4. The summed E-state index contributed by atoms with van der Waals surface area (Å²) in [4.78, 5) is 0. The summed E-state index contributed by atoms with van der Waals surface area (Å²) in [6.07, 6.45) is 9.29. The third-order valence-corrected chi connectivity index (χ3v) is 6.45. The molecule has 0 N–H and O–H groups in total. The summed E-state index contributed by atoms with van der Waals surface area (Å²) in [5.74, 6) is -0.813. The smallest absolute Gasteiger partial charge is 0.196 e. The first-order valence-electron chi connectivity index (χ1n) is 9.89. The maximum absolute atomic E-state index is 13.5. The van der Waals surface area contributed by atoms with E-state index in [1.165, 1.54) is 23.8 Å². The van der Waals surface area contributed by atoms with Crippen LogP contribution in [-0.2, 0) is 0 Å². The van der Waals surface area contributed by atoms with Crippen molar-refractivity contribution >= 4 is 0 Å². The Balaban J connectivity index is 1.50. The van der Waals surface area contributed by atoms with Crippen LogP contribution in [0.5, 0.6) is 0 Å². The molecular formula is C23H26F3N. The first-order chi connectivity index (χ1) is 13.0. The van der Waals surface area contributed by atoms with E-state index in [2.05, 4.69) is 6.58 Å². The molecule has 27 heavy (non-hydrogen) atoms. The van der Waals surface area contributed by atoms with E-state index in [4.69, 9.17) is 5.26 Å². The molecule has 2 aliphatic rings. The Hall–Kier alpha value is -2.02. The minimum Gasteiger partial charge on any atom is -0.204 e. The molecule has 0 aliphatic heterocycles. The van der Waals surface area contributed by atoms with Crippen molar-refractivity contribution in [2.45, 2.75) is 57.3 Å². The lowest BCUT2D eigenvalue weighted by Gasteiger charge is -2.35. The molecule has 2 fully saturated rings. The number of nitriles is 1. The van der Waals surface area contributed by atoms with E-state index in [0.29, 0.717) is 17.8 Å². The Bertz CT molecular complexity index is 745. The van der Waals surface area contributed by atoms with Crippen LogP contribution in [0, 0.1) is 40.7 Å². The third kappa shape index (κ3) is 4.83. The Kier molecular flexibility index (Phi) is 6.42. The first kappa shape index (κ1) is 19.7. The van der Waals surface area contributed by atoms with Crippen molar-refractivity contribution in [1.29, 1.82) is 5.26 Å². The highest BCUT2D eigenvalue weighted by Gasteiger charge is 2.30. The number of hydrogen-bond donors (Lipinski definition) is 0. The van der Waals surface area contributed by atoms with Gasteiger partial charge in [0.25, 0.3) is 0 Å². The van der Waals surface area contributed by atoms with Gasteiger partial charge in [-0.1, -0.05) is 18.2 Å². The van der Waals surface area contributed by atoms with Crippen LogP contribution in [0.2, 0.25) is 0 Å². The van der Waals surface area contributed by atoms with Gasteiger partial charge >= 0.3 is 0 Å². The molecule has 0 radical (unpaired) electrons.